The van der Waals surface area contributed by atoms with E-state index in [1.54, 1.807) is 41.3 Å². The number of ether oxygens (including phenoxy) is 1. The first-order valence-corrected chi connectivity index (χ1v) is 13.9. The van der Waals surface area contributed by atoms with Crippen molar-refractivity contribution in [2.75, 3.05) is 26.2 Å². The Balaban J connectivity index is 1.37. The molecule has 39 heavy (non-hydrogen) atoms. The summed E-state index contributed by atoms with van der Waals surface area (Å²) in [4.78, 5) is 42.7. The van der Waals surface area contributed by atoms with E-state index >= 15 is 0 Å². The molecule has 8 nitrogen and oxygen atoms in total. The molecular formula is C30H38ClN3O5. The van der Waals surface area contributed by atoms with E-state index in [4.69, 9.17) is 16.3 Å². The van der Waals surface area contributed by atoms with Crippen LogP contribution in [0.25, 0.3) is 0 Å². The zero-order chi connectivity index (χ0) is 28.4. The zero-order valence-corrected chi connectivity index (χ0v) is 23.8. The summed E-state index contributed by atoms with van der Waals surface area (Å²) in [6.07, 6.45) is 0.379. The largest absolute Gasteiger partial charge is 0.415 e. The van der Waals surface area contributed by atoms with Gasteiger partial charge in [-0.15, -0.1) is 0 Å². The minimum Gasteiger partial charge on any atom is -0.410 e. The summed E-state index contributed by atoms with van der Waals surface area (Å²) in [6, 6.07) is 15.3. The number of benzene rings is 2. The third-order valence-corrected chi connectivity index (χ3v) is 8.33. The number of hydrogen-bond donors (Lipinski definition) is 2. The number of carbonyl (C=O) groups is 3. The predicted molar refractivity (Wildman–Crippen MR) is 149 cm³/mol. The summed E-state index contributed by atoms with van der Waals surface area (Å²) >= 11 is 6.05. The molecule has 3 amide bonds. The normalized spacial score (nSPS) is 23.4. The number of carbonyl (C=O) groups excluding carboxylic acids is 3. The number of likely N-dealkylation sites (tertiary alicyclic amines) is 2. The Morgan fingerprint density at radius 3 is 2.31 bits per heavy atom. The van der Waals surface area contributed by atoms with E-state index in [9.17, 15) is 19.5 Å². The lowest BCUT2D eigenvalue weighted by atomic mass is 9.66. The van der Waals surface area contributed by atoms with Crippen LogP contribution in [0.4, 0.5) is 4.79 Å². The Hall–Kier alpha value is -3.10. The highest BCUT2D eigenvalue weighted by Crippen LogP contribution is 2.46. The van der Waals surface area contributed by atoms with Crippen LogP contribution >= 0.6 is 11.6 Å². The van der Waals surface area contributed by atoms with E-state index in [0.717, 1.165) is 5.56 Å². The molecule has 2 aromatic carbocycles. The van der Waals surface area contributed by atoms with E-state index in [1.165, 1.54) is 4.90 Å². The fourth-order valence-corrected chi connectivity index (χ4v) is 5.67. The summed E-state index contributed by atoms with van der Waals surface area (Å²) in [5.74, 6) is -0.514. The maximum Gasteiger partial charge on any atom is 0.415 e. The smallest absolute Gasteiger partial charge is 0.410 e. The lowest BCUT2D eigenvalue weighted by Crippen LogP contribution is -2.60. The van der Waals surface area contributed by atoms with Gasteiger partial charge in [-0.3, -0.25) is 9.59 Å². The standard InChI is InChI=1S/C30H38ClN3O5/c1-20(2)25(32-26(35)21-14-16-33(18-21)28(37)39-24-8-6-5-7-9-24)27(36)34-17-15-30(38,29(3,4)19-34)22-10-12-23(31)13-11-22/h5-13,20-21,25,38H,14-19H2,1-4H3,(H,32,35)/t21-,25-,30+/m1/s1. The second kappa shape index (κ2) is 11.6. The number of hydrogen-bond acceptors (Lipinski definition) is 5. The van der Waals surface area contributed by atoms with Crippen LogP contribution in [0.2, 0.25) is 5.02 Å². The molecule has 2 fully saturated rings. The maximum atomic E-state index is 13.7. The Morgan fingerprint density at radius 2 is 1.69 bits per heavy atom. The summed E-state index contributed by atoms with van der Waals surface area (Å²) in [5.41, 5.74) is -0.980. The van der Waals surface area contributed by atoms with Crippen LogP contribution in [0, 0.1) is 17.3 Å². The fraction of sp³-hybridized carbons (Fsp3) is 0.500. The molecule has 0 spiro atoms. The van der Waals surface area contributed by atoms with Gasteiger partial charge in [0, 0.05) is 36.6 Å². The van der Waals surface area contributed by atoms with Gasteiger partial charge >= 0.3 is 6.09 Å². The number of nitrogens with zero attached hydrogens (tertiary/aromatic N) is 2. The minimum atomic E-state index is -1.12. The zero-order valence-electron chi connectivity index (χ0n) is 23.0. The molecule has 2 heterocycles. The number of nitrogens with one attached hydrogen (secondary N) is 1. The molecule has 0 unspecified atom stereocenters. The number of aliphatic hydroxyl groups is 1. The van der Waals surface area contributed by atoms with Gasteiger partial charge in [0.15, 0.2) is 0 Å². The van der Waals surface area contributed by atoms with Crippen molar-refractivity contribution in [2.45, 2.75) is 52.2 Å². The molecule has 0 saturated carbocycles. The van der Waals surface area contributed by atoms with E-state index in [2.05, 4.69) is 5.32 Å². The molecule has 2 aromatic rings. The van der Waals surface area contributed by atoms with Crippen LogP contribution in [0.3, 0.4) is 0 Å². The van der Waals surface area contributed by atoms with Gasteiger partial charge in [0.2, 0.25) is 11.8 Å². The van der Waals surface area contributed by atoms with Crippen molar-refractivity contribution in [3.8, 4) is 5.75 Å². The minimum absolute atomic E-state index is 0.137. The first kappa shape index (κ1) is 28.9. The summed E-state index contributed by atoms with van der Waals surface area (Å²) < 4.78 is 5.40. The number of piperidine rings is 1. The number of para-hydroxylation sites is 1. The SMILES string of the molecule is CC(C)[C@@H](NC(=O)[C@@H]1CCN(C(=O)Oc2ccccc2)C1)C(=O)N1CC[C@](O)(c2ccc(Cl)cc2)C(C)(C)C1. The van der Waals surface area contributed by atoms with Crippen LogP contribution in [-0.4, -0.2) is 65.0 Å². The van der Waals surface area contributed by atoms with Crippen molar-refractivity contribution in [3.05, 3.63) is 65.2 Å². The first-order valence-electron chi connectivity index (χ1n) is 13.5. The molecule has 210 valence electrons. The molecule has 2 aliphatic heterocycles. The molecule has 0 aliphatic carbocycles. The lowest BCUT2D eigenvalue weighted by Gasteiger charge is -2.51. The van der Waals surface area contributed by atoms with Crippen molar-refractivity contribution >= 4 is 29.5 Å². The highest BCUT2D eigenvalue weighted by molar-refractivity contribution is 6.30. The van der Waals surface area contributed by atoms with Crippen molar-refractivity contribution < 1.29 is 24.2 Å². The molecule has 0 radical (unpaired) electrons. The van der Waals surface area contributed by atoms with Gasteiger partial charge in [-0.25, -0.2) is 4.79 Å². The molecule has 4 rings (SSSR count). The number of rotatable bonds is 6. The Bertz CT molecular complexity index is 1190. The van der Waals surface area contributed by atoms with Gasteiger partial charge < -0.3 is 25.0 Å². The van der Waals surface area contributed by atoms with Gasteiger partial charge in [-0.2, -0.15) is 0 Å². The maximum absolute atomic E-state index is 13.7. The van der Waals surface area contributed by atoms with E-state index < -0.39 is 29.1 Å². The highest BCUT2D eigenvalue weighted by atomic mass is 35.5. The number of amides is 3. The molecule has 2 N–H and O–H groups in total. The third kappa shape index (κ3) is 6.23. The van der Waals surface area contributed by atoms with Gasteiger partial charge in [-0.1, -0.05) is 69.6 Å². The second-order valence-electron chi connectivity index (χ2n) is 11.6. The molecule has 3 atom stereocenters. The molecule has 9 heteroatoms. The monoisotopic (exact) mass is 555 g/mol. The van der Waals surface area contributed by atoms with E-state index in [1.807, 2.05) is 45.9 Å². The van der Waals surface area contributed by atoms with Crippen LogP contribution in [0.1, 0.15) is 46.1 Å². The molecule has 2 saturated heterocycles. The third-order valence-electron chi connectivity index (χ3n) is 8.08. The second-order valence-corrected chi connectivity index (χ2v) is 12.0. The molecule has 0 aromatic heterocycles. The quantitative estimate of drug-likeness (QED) is 0.549. The summed E-state index contributed by atoms with van der Waals surface area (Å²) in [6.45, 7) is 9.06. The van der Waals surface area contributed by atoms with Gasteiger partial charge in [0.1, 0.15) is 11.8 Å². The summed E-state index contributed by atoms with van der Waals surface area (Å²) in [5, 5.41) is 15.2. The highest BCUT2D eigenvalue weighted by Gasteiger charge is 2.50. The van der Waals surface area contributed by atoms with E-state index in [-0.39, 0.29) is 24.3 Å². The van der Waals surface area contributed by atoms with Crippen LogP contribution in [0.5, 0.6) is 5.75 Å². The van der Waals surface area contributed by atoms with Crippen LogP contribution in [0.15, 0.2) is 54.6 Å². The van der Waals surface area contributed by atoms with Gasteiger partial charge in [0.25, 0.3) is 0 Å². The molecular weight excluding hydrogens is 518 g/mol. The Kier molecular flexibility index (Phi) is 8.57. The van der Waals surface area contributed by atoms with E-state index in [0.29, 0.717) is 43.2 Å². The molecule has 2 aliphatic rings. The van der Waals surface area contributed by atoms with Crippen LogP contribution in [-0.2, 0) is 15.2 Å². The summed E-state index contributed by atoms with van der Waals surface area (Å²) in [7, 11) is 0. The predicted octanol–water partition coefficient (Wildman–Crippen LogP) is 4.45. The fourth-order valence-electron chi connectivity index (χ4n) is 5.55. The van der Waals surface area contributed by atoms with Crippen molar-refractivity contribution in [1.82, 2.24) is 15.1 Å². The number of halogens is 1. The van der Waals surface area contributed by atoms with Crippen molar-refractivity contribution in [3.63, 3.8) is 0 Å². The van der Waals surface area contributed by atoms with Gasteiger partial charge in [-0.05, 0) is 48.6 Å². The lowest BCUT2D eigenvalue weighted by molar-refractivity contribution is -0.157. The average molecular weight is 556 g/mol. The topological polar surface area (TPSA) is 99.2 Å². The van der Waals surface area contributed by atoms with Crippen molar-refractivity contribution in [2.24, 2.45) is 17.3 Å². The molecule has 0 bridgehead atoms. The van der Waals surface area contributed by atoms with Crippen LogP contribution < -0.4 is 10.1 Å². The Labute approximate surface area is 235 Å². The first-order chi connectivity index (χ1) is 18.4. The average Bonchev–Trinajstić information content (AvgIpc) is 3.40. The Morgan fingerprint density at radius 1 is 1.03 bits per heavy atom. The van der Waals surface area contributed by atoms with Crippen molar-refractivity contribution in [1.29, 1.82) is 0 Å². The van der Waals surface area contributed by atoms with Gasteiger partial charge in [0.05, 0.1) is 11.5 Å².